The number of carbonyl (C=O) groups is 2. The van der Waals surface area contributed by atoms with Gasteiger partial charge in [-0.2, -0.15) is 5.10 Å². The molecule has 0 bridgehead atoms. The van der Waals surface area contributed by atoms with Crippen LogP contribution in [0, 0.1) is 12.3 Å². The molecule has 2 atom stereocenters. The molecular weight excluding hydrogens is 492 g/mol. The molecule has 0 saturated heterocycles. The first kappa shape index (κ1) is 27.9. The van der Waals surface area contributed by atoms with Crippen molar-refractivity contribution >= 4 is 18.2 Å². The summed E-state index contributed by atoms with van der Waals surface area (Å²) in [7, 11) is 1.27. The summed E-state index contributed by atoms with van der Waals surface area (Å²) in [5, 5.41) is 19.6. The molecule has 2 aromatic rings. The van der Waals surface area contributed by atoms with Gasteiger partial charge in [0, 0.05) is 5.70 Å². The second-order valence-corrected chi connectivity index (χ2v) is 7.98. The third-order valence-corrected chi connectivity index (χ3v) is 5.29. The van der Waals surface area contributed by atoms with Crippen LogP contribution in [0.25, 0.3) is 0 Å². The van der Waals surface area contributed by atoms with Crippen LogP contribution in [-0.4, -0.2) is 56.5 Å². The van der Waals surface area contributed by atoms with Crippen LogP contribution in [0.5, 0.6) is 17.2 Å². The van der Waals surface area contributed by atoms with Gasteiger partial charge in [-0.05, 0) is 49.2 Å². The lowest BCUT2D eigenvalue weighted by Gasteiger charge is -2.28. The molecule has 0 aromatic heterocycles. The number of methoxy groups -OCH3 is 1. The zero-order valence-corrected chi connectivity index (χ0v) is 21.3. The van der Waals surface area contributed by atoms with Crippen molar-refractivity contribution in [3.63, 3.8) is 0 Å². The molecule has 0 fully saturated rings. The fourth-order valence-corrected chi connectivity index (χ4v) is 3.63. The number of nitrogens with one attached hydrogen (secondary N) is 3. The number of hydrogen-bond donors (Lipinski definition) is 4. The first-order valence-electron chi connectivity index (χ1n) is 11.7. The molecule has 11 heteroatoms. The number of urea groups is 1. The zero-order chi connectivity index (χ0) is 27.5. The summed E-state index contributed by atoms with van der Waals surface area (Å²) < 4.78 is 21.7. The number of esters is 1. The number of aliphatic hydroxyl groups is 1. The second-order valence-electron chi connectivity index (χ2n) is 7.98. The second kappa shape index (κ2) is 13.6. The molecular formula is C27H30N4O7. The lowest BCUT2D eigenvalue weighted by molar-refractivity contribution is -0.136. The predicted molar refractivity (Wildman–Crippen MR) is 140 cm³/mol. The Hall–Kier alpha value is -4.69. The van der Waals surface area contributed by atoms with E-state index in [1.165, 1.54) is 13.3 Å². The number of allylic oxidation sites excluding steroid dienone is 1. The Morgan fingerprint density at radius 1 is 1.24 bits per heavy atom. The fraction of sp³-hybridized carbons (Fsp3) is 0.296. The van der Waals surface area contributed by atoms with Crippen LogP contribution in [0.3, 0.4) is 0 Å². The first-order valence-corrected chi connectivity index (χ1v) is 11.7. The minimum atomic E-state index is -1.12. The molecule has 1 aliphatic rings. The maximum Gasteiger partial charge on any atom is 0.337 e. The van der Waals surface area contributed by atoms with Gasteiger partial charge in [0.25, 0.3) is 0 Å². The van der Waals surface area contributed by atoms with Crippen LogP contribution in [0.15, 0.2) is 58.8 Å². The molecule has 11 nitrogen and oxygen atoms in total. The smallest absolute Gasteiger partial charge is 0.337 e. The van der Waals surface area contributed by atoms with Crippen LogP contribution >= 0.6 is 0 Å². The van der Waals surface area contributed by atoms with Crippen LogP contribution in [0.4, 0.5) is 4.79 Å². The maximum absolute atomic E-state index is 12.4. The number of hydrogen-bond acceptors (Lipinski definition) is 9. The standard InChI is InChI=1S/C27H30N4O7/c1-5-12-37-20-9-7-8-18(13-20)15-28-31-23(32)16-38-21-11-10-19(14-22(21)36-6-2)25-24(26(33)35-4)17(3)29-27(34)30-25/h1,7-11,13-15,23,25,31-32H,6,12,16H2,2-4H3,(H2,29,30,34)/b28-15+/t23-,25+/m1/s1. The highest BCUT2D eigenvalue weighted by molar-refractivity contribution is 5.95. The summed E-state index contributed by atoms with van der Waals surface area (Å²) in [5.41, 5.74) is 4.59. The van der Waals surface area contributed by atoms with Crippen molar-refractivity contribution in [1.82, 2.24) is 16.1 Å². The SMILES string of the molecule is C#CCOc1cccc(/C=N/N[C@H](O)COc2ccc([C@@H]3NC(=O)NC(C)=C3C(=O)OC)cc2OCC)c1. The fourth-order valence-electron chi connectivity index (χ4n) is 3.63. The Bertz CT molecular complexity index is 1250. The van der Waals surface area contributed by atoms with E-state index in [4.69, 9.17) is 25.4 Å². The number of nitrogens with zero attached hydrogens (tertiary/aromatic N) is 1. The average molecular weight is 523 g/mol. The third-order valence-electron chi connectivity index (χ3n) is 5.29. The van der Waals surface area contributed by atoms with Gasteiger partial charge in [-0.3, -0.25) is 5.43 Å². The van der Waals surface area contributed by atoms with Gasteiger partial charge in [0.05, 0.1) is 31.5 Å². The molecule has 4 N–H and O–H groups in total. The van der Waals surface area contributed by atoms with Gasteiger partial charge in [-0.1, -0.05) is 24.1 Å². The van der Waals surface area contributed by atoms with Gasteiger partial charge < -0.3 is 34.7 Å². The van der Waals surface area contributed by atoms with Crippen molar-refractivity contribution in [3.8, 4) is 29.6 Å². The molecule has 2 amide bonds. The summed E-state index contributed by atoms with van der Waals surface area (Å²) in [4.78, 5) is 24.5. The van der Waals surface area contributed by atoms with Crippen LogP contribution < -0.4 is 30.3 Å². The topological polar surface area (TPSA) is 140 Å². The largest absolute Gasteiger partial charge is 0.490 e. The van der Waals surface area contributed by atoms with Crippen molar-refractivity contribution in [1.29, 1.82) is 0 Å². The van der Waals surface area contributed by atoms with Gasteiger partial charge in [0.1, 0.15) is 19.0 Å². The normalized spacial score (nSPS) is 15.7. The van der Waals surface area contributed by atoms with Gasteiger partial charge >= 0.3 is 12.0 Å². The number of ether oxygens (including phenoxy) is 4. The Morgan fingerprint density at radius 3 is 2.79 bits per heavy atom. The molecule has 0 radical (unpaired) electrons. The number of terminal acetylenes is 1. The molecule has 0 unspecified atom stereocenters. The highest BCUT2D eigenvalue weighted by Gasteiger charge is 2.32. The number of hydrazone groups is 1. The molecule has 200 valence electrons. The molecule has 0 spiro atoms. The van der Waals surface area contributed by atoms with Crippen LogP contribution in [-0.2, 0) is 9.53 Å². The van der Waals surface area contributed by atoms with Crippen LogP contribution in [0.1, 0.15) is 31.0 Å². The van der Waals surface area contributed by atoms with E-state index >= 15 is 0 Å². The van der Waals surface area contributed by atoms with Gasteiger partial charge in [-0.15, -0.1) is 6.42 Å². The van der Waals surface area contributed by atoms with Gasteiger partial charge in [0.2, 0.25) is 0 Å². The van der Waals surface area contributed by atoms with E-state index in [0.29, 0.717) is 35.1 Å². The Kier molecular flexibility index (Phi) is 9.96. The lowest BCUT2D eigenvalue weighted by atomic mass is 9.95. The molecule has 0 aliphatic carbocycles. The minimum absolute atomic E-state index is 0.140. The molecule has 3 rings (SSSR count). The number of carbonyl (C=O) groups excluding carboxylic acids is 2. The Morgan fingerprint density at radius 2 is 2.05 bits per heavy atom. The van der Waals surface area contributed by atoms with E-state index in [1.54, 1.807) is 43.3 Å². The minimum Gasteiger partial charge on any atom is -0.490 e. The van der Waals surface area contributed by atoms with E-state index in [-0.39, 0.29) is 18.8 Å². The summed E-state index contributed by atoms with van der Waals surface area (Å²) in [6.07, 6.45) is 5.60. The predicted octanol–water partition coefficient (Wildman–Crippen LogP) is 2.22. The van der Waals surface area contributed by atoms with E-state index in [2.05, 4.69) is 27.1 Å². The Labute approximate surface area is 220 Å². The molecule has 2 aromatic carbocycles. The lowest BCUT2D eigenvalue weighted by Crippen LogP contribution is -2.45. The maximum atomic E-state index is 12.4. The van der Waals surface area contributed by atoms with Crippen molar-refractivity contribution in [3.05, 3.63) is 64.9 Å². The average Bonchev–Trinajstić information content (AvgIpc) is 2.90. The Balaban J connectivity index is 1.67. The van der Waals surface area contributed by atoms with Crippen molar-refractivity contribution in [2.24, 2.45) is 5.10 Å². The monoisotopic (exact) mass is 522 g/mol. The summed E-state index contributed by atoms with van der Waals surface area (Å²) in [6.45, 7) is 3.80. The van der Waals surface area contributed by atoms with E-state index < -0.39 is 24.3 Å². The van der Waals surface area contributed by atoms with Crippen LogP contribution in [0.2, 0.25) is 0 Å². The van der Waals surface area contributed by atoms with Gasteiger partial charge in [-0.25, -0.2) is 9.59 Å². The van der Waals surface area contributed by atoms with E-state index in [1.807, 2.05) is 13.0 Å². The number of aliphatic hydroxyl groups excluding tert-OH is 1. The highest BCUT2D eigenvalue weighted by Crippen LogP contribution is 2.34. The summed E-state index contributed by atoms with van der Waals surface area (Å²) in [6, 6.07) is 11.0. The molecule has 38 heavy (non-hydrogen) atoms. The number of benzene rings is 2. The van der Waals surface area contributed by atoms with Gasteiger partial charge in [0.15, 0.2) is 17.7 Å². The number of amides is 2. The van der Waals surface area contributed by atoms with Crippen molar-refractivity contribution < 1.29 is 33.6 Å². The zero-order valence-electron chi connectivity index (χ0n) is 21.3. The summed E-state index contributed by atoms with van der Waals surface area (Å²) >= 11 is 0. The quantitative estimate of drug-likeness (QED) is 0.109. The molecule has 1 aliphatic heterocycles. The van der Waals surface area contributed by atoms with Crippen molar-refractivity contribution in [2.45, 2.75) is 26.1 Å². The first-order chi connectivity index (χ1) is 18.4. The van der Waals surface area contributed by atoms with E-state index in [9.17, 15) is 14.7 Å². The number of rotatable bonds is 12. The third kappa shape index (κ3) is 7.41. The molecule has 1 heterocycles. The molecule has 0 saturated carbocycles. The van der Waals surface area contributed by atoms with Crippen molar-refractivity contribution in [2.75, 3.05) is 26.9 Å². The highest BCUT2D eigenvalue weighted by atomic mass is 16.5. The summed E-state index contributed by atoms with van der Waals surface area (Å²) in [5.74, 6) is 3.17. The van der Waals surface area contributed by atoms with E-state index in [0.717, 1.165) is 5.56 Å².